The molecule has 1 saturated heterocycles. The highest BCUT2D eigenvalue weighted by Gasteiger charge is 2.29. The van der Waals surface area contributed by atoms with Gasteiger partial charge in [-0.1, -0.05) is 6.92 Å². The Hall–Kier alpha value is -1.43. The van der Waals surface area contributed by atoms with Crippen molar-refractivity contribution in [2.75, 3.05) is 7.11 Å². The number of carboxylic acids is 1. The number of carboxylic acid groups (broad SMARTS) is 1. The second-order valence-electron chi connectivity index (χ2n) is 2.98. The number of imide groups is 1. The largest absolute Gasteiger partial charge is 0.481 e. The first-order valence-corrected chi connectivity index (χ1v) is 4.59. The Morgan fingerprint density at radius 2 is 2.20 bits per heavy atom. The molecule has 0 aliphatic carbocycles. The fourth-order valence-electron chi connectivity index (χ4n) is 0.934. The van der Waals surface area contributed by atoms with Crippen LogP contribution in [0.2, 0.25) is 0 Å². The quantitative estimate of drug-likeness (QED) is 0.645. The summed E-state index contributed by atoms with van der Waals surface area (Å²) in [5.74, 6) is -1.30. The zero-order chi connectivity index (χ0) is 11.8. The lowest BCUT2D eigenvalue weighted by Crippen LogP contribution is -2.25. The number of hydrogen-bond acceptors (Lipinski definition) is 4. The minimum Gasteiger partial charge on any atom is -0.481 e. The van der Waals surface area contributed by atoms with E-state index in [4.69, 9.17) is 5.11 Å². The van der Waals surface area contributed by atoms with E-state index in [2.05, 4.69) is 10.1 Å². The van der Waals surface area contributed by atoms with Gasteiger partial charge in [-0.05, 0) is 6.42 Å². The van der Waals surface area contributed by atoms with E-state index in [0.717, 1.165) is 6.42 Å². The Balaban J connectivity index is 0.000000288. The van der Waals surface area contributed by atoms with Crippen molar-refractivity contribution in [3.8, 4) is 0 Å². The minimum atomic E-state index is -0.711. The molecule has 1 fully saturated rings. The van der Waals surface area contributed by atoms with Crippen LogP contribution in [0.5, 0.6) is 0 Å². The Kier molecular flexibility index (Phi) is 6.28. The first-order valence-electron chi connectivity index (χ1n) is 4.59. The SMILES string of the molecule is CCCC(=O)O.COC1CC(=O)NC1=O. The van der Waals surface area contributed by atoms with Crippen molar-refractivity contribution in [3.63, 3.8) is 0 Å². The molecular weight excluding hydrogens is 202 g/mol. The van der Waals surface area contributed by atoms with Gasteiger partial charge in [-0.25, -0.2) is 0 Å². The molecule has 0 spiro atoms. The first kappa shape index (κ1) is 13.6. The van der Waals surface area contributed by atoms with Gasteiger partial charge in [0, 0.05) is 13.5 Å². The molecule has 0 bridgehead atoms. The first-order chi connectivity index (χ1) is 7.01. The van der Waals surface area contributed by atoms with E-state index in [1.807, 2.05) is 6.92 Å². The number of aliphatic carboxylic acids is 1. The summed E-state index contributed by atoms with van der Waals surface area (Å²) in [6, 6.07) is 0. The zero-order valence-electron chi connectivity index (χ0n) is 8.78. The predicted molar refractivity (Wildman–Crippen MR) is 51.1 cm³/mol. The maximum absolute atomic E-state index is 10.6. The lowest BCUT2D eigenvalue weighted by Gasteiger charge is -1.98. The van der Waals surface area contributed by atoms with Crippen LogP contribution < -0.4 is 5.32 Å². The fourth-order valence-corrected chi connectivity index (χ4v) is 0.934. The number of methoxy groups -OCH3 is 1. The van der Waals surface area contributed by atoms with E-state index in [-0.39, 0.29) is 18.2 Å². The van der Waals surface area contributed by atoms with E-state index in [9.17, 15) is 14.4 Å². The highest BCUT2D eigenvalue weighted by molar-refractivity contribution is 6.04. The second-order valence-corrected chi connectivity index (χ2v) is 2.98. The maximum Gasteiger partial charge on any atom is 0.303 e. The molecule has 1 unspecified atom stereocenters. The molecule has 1 heterocycles. The molecule has 2 N–H and O–H groups in total. The normalized spacial score (nSPS) is 19.2. The molecule has 1 rings (SSSR count). The van der Waals surface area contributed by atoms with Crippen molar-refractivity contribution in [1.29, 1.82) is 0 Å². The molecule has 15 heavy (non-hydrogen) atoms. The molecule has 0 saturated carbocycles. The van der Waals surface area contributed by atoms with Crippen molar-refractivity contribution in [1.82, 2.24) is 5.32 Å². The number of carbonyl (C=O) groups is 3. The van der Waals surface area contributed by atoms with Gasteiger partial charge in [0.05, 0.1) is 6.42 Å². The molecule has 0 aromatic rings. The van der Waals surface area contributed by atoms with Gasteiger partial charge in [0.2, 0.25) is 5.91 Å². The molecule has 1 aliphatic heterocycles. The molecule has 2 amide bonds. The highest BCUT2D eigenvalue weighted by atomic mass is 16.5. The third-order valence-electron chi connectivity index (χ3n) is 1.67. The van der Waals surface area contributed by atoms with Crippen LogP contribution in [0.3, 0.4) is 0 Å². The van der Waals surface area contributed by atoms with Gasteiger partial charge >= 0.3 is 5.97 Å². The van der Waals surface area contributed by atoms with Crippen LogP contribution >= 0.6 is 0 Å². The average molecular weight is 217 g/mol. The summed E-state index contributed by atoms with van der Waals surface area (Å²) >= 11 is 0. The topological polar surface area (TPSA) is 92.7 Å². The van der Waals surface area contributed by atoms with E-state index in [0.29, 0.717) is 6.42 Å². The summed E-state index contributed by atoms with van der Waals surface area (Å²) in [5.41, 5.74) is 0. The molecule has 1 atom stereocenters. The molecule has 0 aromatic carbocycles. The van der Waals surface area contributed by atoms with Crippen molar-refractivity contribution in [3.05, 3.63) is 0 Å². The Bertz CT molecular complexity index is 251. The van der Waals surface area contributed by atoms with Gasteiger partial charge in [0.1, 0.15) is 6.10 Å². The molecule has 1 aliphatic rings. The Morgan fingerprint density at radius 1 is 1.60 bits per heavy atom. The van der Waals surface area contributed by atoms with Crippen LogP contribution in [-0.2, 0) is 19.1 Å². The van der Waals surface area contributed by atoms with Crippen LogP contribution in [-0.4, -0.2) is 36.1 Å². The monoisotopic (exact) mass is 217 g/mol. The van der Waals surface area contributed by atoms with Crippen molar-refractivity contribution in [2.45, 2.75) is 32.3 Å². The standard InChI is InChI=1S/C5H7NO3.C4H8O2/c1-9-3-2-4(7)6-5(3)8;1-2-3-4(5)6/h3H,2H2,1H3,(H,6,7,8);2-3H2,1H3,(H,5,6). The van der Waals surface area contributed by atoms with E-state index >= 15 is 0 Å². The number of amides is 2. The van der Waals surface area contributed by atoms with Crippen LogP contribution in [0.15, 0.2) is 0 Å². The Labute approximate surface area is 87.6 Å². The average Bonchev–Trinajstić information content (AvgIpc) is 2.45. The second kappa shape index (κ2) is 6.94. The summed E-state index contributed by atoms with van der Waals surface area (Å²) in [5, 5.41) is 10.0. The molecule has 0 aromatic heterocycles. The van der Waals surface area contributed by atoms with Crippen molar-refractivity contribution < 1.29 is 24.2 Å². The van der Waals surface area contributed by atoms with Gasteiger partial charge in [-0.2, -0.15) is 0 Å². The number of hydrogen-bond donors (Lipinski definition) is 2. The summed E-state index contributed by atoms with van der Waals surface area (Å²) < 4.78 is 4.66. The van der Waals surface area contributed by atoms with Gasteiger partial charge in [0.15, 0.2) is 0 Å². The third-order valence-corrected chi connectivity index (χ3v) is 1.67. The zero-order valence-corrected chi connectivity index (χ0v) is 8.78. The van der Waals surface area contributed by atoms with Crippen LogP contribution in [0.25, 0.3) is 0 Å². The summed E-state index contributed by atoms with van der Waals surface area (Å²) in [7, 11) is 1.41. The molecular formula is C9H15NO5. The predicted octanol–water partition coefficient (Wildman–Crippen LogP) is -0.0810. The van der Waals surface area contributed by atoms with Gasteiger partial charge in [-0.3, -0.25) is 19.7 Å². The van der Waals surface area contributed by atoms with Crippen LogP contribution in [0, 0.1) is 0 Å². The number of rotatable bonds is 3. The summed E-state index contributed by atoms with van der Waals surface area (Å²) in [4.78, 5) is 30.6. The smallest absolute Gasteiger partial charge is 0.303 e. The molecule has 6 heteroatoms. The summed E-state index contributed by atoms with van der Waals surface area (Å²) in [6.07, 6.45) is 0.627. The van der Waals surface area contributed by atoms with E-state index < -0.39 is 12.1 Å². The maximum atomic E-state index is 10.6. The van der Waals surface area contributed by atoms with Gasteiger partial charge < -0.3 is 9.84 Å². The third kappa shape index (κ3) is 5.79. The van der Waals surface area contributed by atoms with Gasteiger partial charge in [0.25, 0.3) is 5.91 Å². The number of ether oxygens (including phenoxy) is 1. The molecule has 0 radical (unpaired) electrons. The van der Waals surface area contributed by atoms with E-state index in [1.165, 1.54) is 7.11 Å². The molecule has 86 valence electrons. The van der Waals surface area contributed by atoms with Crippen molar-refractivity contribution >= 4 is 17.8 Å². The summed E-state index contributed by atoms with van der Waals surface area (Å²) in [6.45, 7) is 1.84. The van der Waals surface area contributed by atoms with Crippen molar-refractivity contribution in [2.24, 2.45) is 0 Å². The van der Waals surface area contributed by atoms with Gasteiger partial charge in [-0.15, -0.1) is 0 Å². The Morgan fingerprint density at radius 3 is 2.33 bits per heavy atom. The minimum absolute atomic E-state index is 0.162. The highest BCUT2D eigenvalue weighted by Crippen LogP contribution is 2.03. The van der Waals surface area contributed by atoms with E-state index in [1.54, 1.807) is 0 Å². The fraction of sp³-hybridized carbons (Fsp3) is 0.667. The molecule has 6 nitrogen and oxygen atoms in total. The lowest BCUT2D eigenvalue weighted by atomic mass is 10.3. The number of carbonyl (C=O) groups excluding carboxylic acids is 2. The van der Waals surface area contributed by atoms with Crippen LogP contribution in [0.4, 0.5) is 0 Å². The lowest BCUT2D eigenvalue weighted by molar-refractivity contribution is -0.137. The number of nitrogens with one attached hydrogen (secondary N) is 1. The van der Waals surface area contributed by atoms with Crippen LogP contribution in [0.1, 0.15) is 26.2 Å².